The molecule has 0 saturated carbocycles. The smallest absolute Gasteiger partial charge is 0.263 e. The highest BCUT2D eigenvalue weighted by Gasteiger charge is 2.74. The average Bonchev–Trinajstić information content (AvgIpc) is 2.08. The predicted molar refractivity (Wildman–Crippen MR) is 44.7 cm³/mol. The molecule has 100 valence electrons. The summed E-state index contributed by atoms with van der Waals surface area (Å²) in [4.78, 5) is 0. The third kappa shape index (κ3) is 2.16. The van der Waals surface area contributed by atoms with Crippen LogP contribution in [0, 0.1) is 5.92 Å². The van der Waals surface area contributed by atoms with E-state index in [9.17, 15) is 30.4 Å². The molecule has 1 aliphatic rings. The van der Waals surface area contributed by atoms with Gasteiger partial charge in [-0.05, 0) is 6.08 Å². The zero-order valence-electron chi connectivity index (χ0n) is 8.20. The van der Waals surface area contributed by atoms with E-state index in [0.717, 1.165) is 0 Å². The van der Waals surface area contributed by atoms with Crippen LogP contribution >= 0.6 is 0 Å². The summed E-state index contributed by atoms with van der Waals surface area (Å²) in [5.41, 5.74) is 0. The molecule has 2 unspecified atom stereocenters. The summed E-state index contributed by atoms with van der Waals surface area (Å²) in [5.74, 6) is -17.0. The van der Waals surface area contributed by atoms with E-state index in [1.54, 1.807) is 0 Å². The molecule has 4 nitrogen and oxygen atoms in total. The molecular formula is C7H7F5O4S. The van der Waals surface area contributed by atoms with Gasteiger partial charge in [-0.15, -0.1) is 0 Å². The summed E-state index contributed by atoms with van der Waals surface area (Å²) in [5, 5.41) is 0. The van der Waals surface area contributed by atoms with Gasteiger partial charge < -0.3 is 0 Å². The number of hydrogen-bond donors (Lipinski definition) is 1. The molecule has 0 fully saturated rings. The Kier molecular flexibility index (Phi) is 3.05. The van der Waals surface area contributed by atoms with Crippen molar-refractivity contribution in [3.8, 4) is 0 Å². The molecule has 1 N–H and O–H groups in total. The molecule has 0 bridgehead atoms. The van der Waals surface area contributed by atoms with Gasteiger partial charge in [0.2, 0.25) is 0 Å². The highest BCUT2D eigenvalue weighted by Crippen LogP contribution is 2.53. The molecular weight excluding hydrogens is 275 g/mol. The van der Waals surface area contributed by atoms with Crippen LogP contribution in [0.2, 0.25) is 0 Å². The minimum absolute atomic E-state index is 0.164. The van der Waals surface area contributed by atoms with Gasteiger partial charge in [-0.25, -0.2) is 0 Å². The fraction of sp³-hybridized carbons (Fsp3) is 0.714. The van der Waals surface area contributed by atoms with Crippen LogP contribution in [0.4, 0.5) is 22.0 Å². The molecule has 1 aliphatic carbocycles. The zero-order valence-corrected chi connectivity index (χ0v) is 9.02. The first-order chi connectivity index (χ1) is 7.33. The summed E-state index contributed by atoms with van der Waals surface area (Å²) in [7, 11) is -5.66. The van der Waals surface area contributed by atoms with Gasteiger partial charge in [0.25, 0.3) is 0 Å². The Morgan fingerprint density at radius 1 is 1.24 bits per heavy atom. The second kappa shape index (κ2) is 3.62. The topological polar surface area (TPSA) is 63.6 Å². The summed E-state index contributed by atoms with van der Waals surface area (Å²) in [6.07, 6.45) is 0.172. The standard InChI is InChI=1S/C7H7F5O4S/c1-4-2-3-5(8,16-17(13,14)15)7(11,12)6(4,9)10/h2-4H,1H3,(H,13,14,15). The number of rotatable bonds is 2. The Balaban J connectivity index is 3.31. The Labute approximate surface area is 93.0 Å². The van der Waals surface area contributed by atoms with Crippen molar-refractivity contribution in [2.45, 2.75) is 24.6 Å². The van der Waals surface area contributed by atoms with E-state index in [1.165, 1.54) is 0 Å². The largest absolute Gasteiger partial charge is 0.400 e. The molecule has 0 aromatic heterocycles. The molecule has 0 radical (unpaired) electrons. The fourth-order valence-electron chi connectivity index (χ4n) is 1.24. The predicted octanol–water partition coefficient (Wildman–Crippen LogP) is 1.95. The van der Waals surface area contributed by atoms with Gasteiger partial charge in [0, 0.05) is 5.92 Å². The van der Waals surface area contributed by atoms with Gasteiger partial charge in [0.05, 0.1) is 0 Å². The summed E-state index contributed by atoms with van der Waals surface area (Å²) in [6.45, 7) is 0.692. The second-order valence-corrected chi connectivity index (χ2v) is 4.52. The highest BCUT2D eigenvalue weighted by atomic mass is 32.3. The van der Waals surface area contributed by atoms with Crippen LogP contribution in [-0.4, -0.2) is 30.7 Å². The van der Waals surface area contributed by atoms with Crippen molar-refractivity contribution >= 4 is 10.4 Å². The van der Waals surface area contributed by atoms with Crippen molar-refractivity contribution < 1.29 is 39.1 Å². The molecule has 10 heteroatoms. The fourth-order valence-corrected chi connectivity index (χ4v) is 1.71. The molecule has 2 atom stereocenters. The van der Waals surface area contributed by atoms with E-state index in [0.29, 0.717) is 13.0 Å². The van der Waals surface area contributed by atoms with E-state index < -0.39 is 34.0 Å². The zero-order chi connectivity index (χ0) is 13.7. The van der Waals surface area contributed by atoms with Crippen molar-refractivity contribution in [3.05, 3.63) is 12.2 Å². The minimum atomic E-state index is -5.66. The van der Waals surface area contributed by atoms with Gasteiger partial charge >= 0.3 is 28.1 Å². The van der Waals surface area contributed by atoms with Gasteiger partial charge in [0.1, 0.15) is 0 Å². The molecule has 0 saturated heterocycles. The minimum Gasteiger partial charge on any atom is -0.263 e. The van der Waals surface area contributed by atoms with Crippen LogP contribution in [0.5, 0.6) is 0 Å². The summed E-state index contributed by atoms with van der Waals surface area (Å²) in [6, 6.07) is 0. The van der Waals surface area contributed by atoms with Gasteiger partial charge in [0.15, 0.2) is 0 Å². The lowest BCUT2D eigenvalue weighted by atomic mass is 9.86. The van der Waals surface area contributed by atoms with Crippen molar-refractivity contribution in [2.24, 2.45) is 5.92 Å². The summed E-state index contributed by atoms with van der Waals surface area (Å²) < 4.78 is 97.2. The Morgan fingerprint density at radius 3 is 2.12 bits per heavy atom. The molecule has 1 rings (SSSR count). The number of allylic oxidation sites excluding steroid dienone is 1. The number of hydrogen-bond acceptors (Lipinski definition) is 3. The maximum Gasteiger partial charge on any atom is 0.400 e. The normalized spacial score (nSPS) is 35.8. The molecule has 0 spiro atoms. The third-order valence-corrected chi connectivity index (χ3v) is 2.70. The lowest BCUT2D eigenvalue weighted by Crippen LogP contribution is -2.61. The van der Waals surface area contributed by atoms with E-state index in [-0.39, 0.29) is 6.08 Å². The highest BCUT2D eigenvalue weighted by molar-refractivity contribution is 7.80. The van der Waals surface area contributed by atoms with E-state index in [4.69, 9.17) is 4.55 Å². The van der Waals surface area contributed by atoms with Gasteiger partial charge in [-0.1, -0.05) is 13.0 Å². The van der Waals surface area contributed by atoms with Crippen LogP contribution < -0.4 is 0 Å². The van der Waals surface area contributed by atoms with E-state index >= 15 is 0 Å². The van der Waals surface area contributed by atoms with Crippen LogP contribution in [0.1, 0.15) is 6.92 Å². The van der Waals surface area contributed by atoms with Crippen molar-refractivity contribution in [1.29, 1.82) is 0 Å². The van der Waals surface area contributed by atoms with Crippen LogP contribution in [-0.2, 0) is 14.6 Å². The lowest BCUT2D eigenvalue weighted by molar-refractivity contribution is -0.322. The van der Waals surface area contributed by atoms with Crippen LogP contribution in [0.25, 0.3) is 0 Å². The maximum absolute atomic E-state index is 13.4. The SMILES string of the molecule is CC1C=CC(F)(OS(=O)(=O)O)C(F)(F)C1(F)F. The number of halogens is 5. The number of alkyl halides is 5. The Bertz CT molecular complexity index is 445. The monoisotopic (exact) mass is 282 g/mol. The first-order valence-corrected chi connectivity index (χ1v) is 5.52. The van der Waals surface area contributed by atoms with Gasteiger partial charge in [-0.3, -0.25) is 4.55 Å². The average molecular weight is 282 g/mol. The molecule has 0 aromatic carbocycles. The van der Waals surface area contributed by atoms with E-state index in [1.807, 2.05) is 0 Å². The second-order valence-electron chi connectivity index (χ2n) is 3.50. The van der Waals surface area contributed by atoms with Crippen LogP contribution in [0.3, 0.4) is 0 Å². The van der Waals surface area contributed by atoms with Gasteiger partial charge in [-0.2, -0.15) is 34.6 Å². The molecule has 0 aromatic rings. The first kappa shape index (κ1) is 14.3. The molecule has 0 heterocycles. The van der Waals surface area contributed by atoms with E-state index in [2.05, 4.69) is 4.18 Å². The third-order valence-electron chi connectivity index (χ3n) is 2.24. The maximum atomic E-state index is 13.4. The Hall–Kier alpha value is -0.740. The first-order valence-electron chi connectivity index (χ1n) is 4.15. The van der Waals surface area contributed by atoms with Crippen molar-refractivity contribution in [2.75, 3.05) is 0 Å². The molecule has 0 amide bonds. The Morgan fingerprint density at radius 2 is 1.71 bits per heavy atom. The molecule has 0 aliphatic heterocycles. The van der Waals surface area contributed by atoms with Crippen molar-refractivity contribution in [3.63, 3.8) is 0 Å². The quantitative estimate of drug-likeness (QED) is 0.477. The summed E-state index contributed by atoms with van der Waals surface area (Å²) >= 11 is 0. The molecule has 17 heavy (non-hydrogen) atoms. The lowest BCUT2D eigenvalue weighted by Gasteiger charge is -2.39. The van der Waals surface area contributed by atoms with Crippen LogP contribution in [0.15, 0.2) is 12.2 Å². The van der Waals surface area contributed by atoms with Crippen molar-refractivity contribution in [1.82, 2.24) is 0 Å².